The van der Waals surface area contributed by atoms with Gasteiger partial charge >= 0.3 is 51.7 Å². The molecule has 19 heteroatoms. The van der Waals surface area contributed by atoms with Crippen LogP contribution in [0.4, 0.5) is 65.9 Å². The molecule has 0 saturated carbocycles. The van der Waals surface area contributed by atoms with Crippen LogP contribution < -0.4 is 0 Å². The molecule has 0 aliphatic heterocycles. The van der Waals surface area contributed by atoms with Gasteiger partial charge in [0, 0.05) is 0 Å². The van der Waals surface area contributed by atoms with Gasteiger partial charge in [0.25, 0.3) is 0 Å². The summed E-state index contributed by atoms with van der Waals surface area (Å²) >= 11 is 0. The third-order valence-corrected chi connectivity index (χ3v) is 3.61. The second kappa shape index (κ2) is 6.73. The van der Waals surface area contributed by atoms with E-state index in [9.17, 15) is 74.3 Å². The summed E-state index contributed by atoms with van der Waals surface area (Å²) in [5.41, 5.74) is -6.55. The molecule has 0 atom stereocenters. The Morgan fingerprint density at radius 1 is 0.667 bits per heavy atom. The highest BCUT2D eigenvalue weighted by Crippen LogP contribution is 2.58. The van der Waals surface area contributed by atoms with Gasteiger partial charge in [0.15, 0.2) is 0 Å². The molecule has 0 spiro atoms. The van der Waals surface area contributed by atoms with Crippen LogP contribution in [-0.4, -0.2) is 56.6 Å². The first kappa shape index (κ1) is 25.9. The molecule has 0 aliphatic rings. The lowest BCUT2D eigenvalue weighted by Crippen LogP contribution is -2.69. The zero-order valence-corrected chi connectivity index (χ0v) is 12.4. The van der Waals surface area contributed by atoms with Crippen LogP contribution in [0.3, 0.4) is 0 Å². The third-order valence-electron chi connectivity index (χ3n) is 2.62. The van der Waals surface area contributed by atoms with E-state index in [0.717, 1.165) is 0 Å². The van der Waals surface area contributed by atoms with E-state index in [0.29, 0.717) is 0 Å². The average molecular weight is 464 g/mol. The fraction of sp³-hybridized carbons (Fsp3) is 1.00. The van der Waals surface area contributed by atoms with Crippen molar-refractivity contribution >= 4 is 10.1 Å². The number of halogens is 15. The maximum atomic E-state index is 13.0. The highest BCUT2D eigenvalue weighted by molar-refractivity contribution is 7.87. The Hall–Kier alpha value is -1.14. The lowest BCUT2D eigenvalue weighted by atomic mass is 9.95. The van der Waals surface area contributed by atoms with E-state index >= 15 is 0 Å². The summed E-state index contributed by atoms with van der Waals surface area (Å²) in [6, 6.07) is 0. The minimum Gasteiger partial charge on any atom is -0.257 e. The van der Waals surface area contributed by atoms with E-state index in [1.54, 1.807) is 0 Å². The second-order valence-corrected chi connectivity index (χ2v) is 6.12. The minimum absolute atomic E-state index is 2.29. The summed E-state index contributed by atoms with van der Waals surface area (Å²) in [6.45, 7) is -3.87. The highest BCUT2D eigenvalue weighted by atomic mass is 32.2. The fourth-order valence-electron chi connectivity index (χ4n) is 1.08. The molecular weight excluding hydrogens is 461 g/mol. The van der Waals surface area contributed by atoms with Gasteiger partial charge in [-0.05, 0) is 0 Å². The molecule has 0 amide bonds. The molecule has 0 rings (SSSR count). The van der Waals surface area contributed by atoms with Crippen LogP contribution in [0.15, 0.2) is 0 Å². The standard InChI is InChI=1S/C8H3F15O3S/c9-2(10)4(13,14)6(17,18)7(19,20)5(15,16)3(11,12)1-26-27(24,25)8(21,22)23/h2H,1H2. The summed E-state index contributed by atoms with van der Waals surface area (Å²) in [6.07, 6.45) is -5.76. The number of alkyl halides is 15. The minimum atomic E-state index is -8.01. The summed E-state index contributed by atoms with van der Waals surface area (Å²) in [7, 11) is -7.13. The molecule has 0 aromatic carbocycles. The highest BCUT2D eigenvalue weighted by Gasteiger charge is 2.87. The zero-order valence-electron chi connectivity index (χ0n) is 11.6. The van der Waals surface area contributed by atoms with Crippen LogP contribution in [0.5, 0.6) is 0 Å². The first-order valence-corrected chi connectivity index (χ1v) is 6.94. The molecule has 0 bridgehead atoms. The van der Waals surface area contributed by atoms with E-state index in [1.165, 1.54) is 0 Å². The van der Waals surface area contributed by atoms with Gasteiger partial charge in [0.05, 0.1) is 0 Å². The normalized spacial score (nSPS) is 16.1. The Balaban J connectivity index is 6.01. The van der Waals surface area contributed by atoms with Crippen LogP contribution in [-0.2, 0) is 14.3 Å². The topological polar surface area (TPSA) is 43.4 Å². The van der Waals surface area contributed by atoms with Gasteiger partial charge in [-0.25, -0.2) is 8.78 Å². The molecule has 0 unspecified atom stereocenters. The van der Waals surface area contributed by atoms with Gasteiger partial charge < -0.3 is 0 Å². The van der Waals surface area contributed by atoms with Crippen molar-refractivity contribution < 1.29 is 78.5 Å². The van der Waals surface area contributed by atoms with Crippen molar-refractivity contribution in [2.24, 2.45) is 0 Å². The van der Waals surface area contributed by atoms with Crippen LogP contribution >= 0.6 is 0 Å². The zero-order chi connectivity index (χ0) is 22.5. The van der Waals surface area contributed by atoms with Crippen molar-refractivity contribution in [3.8, 4) is 0 Å². The smallest absolute Gasteiger partial charge is 0.257 e. The van der Waals surface area contributed by atoms with E-state index < -0.39 is 58.3 Å². The largest absolute Gasteiger partial charge is 0.523 e. The van der Waals surface area contributed by atoms with Gasteiger partial charge in [0.2, 0.25) is 0 Å². The molecule has 0 aromatic heterocycles. The number of hydrogen-bond acceptors (Lipinski definition) is 3. The predicted molar refractivity (Wildman–Crippen MR) is 51.7 cm³/mol. The Morgan fingerprint density at radius 3 is 1.33 bits per heavy atom. The van der Waals surface area contributed by atoms with Gasteiger partial charge in [-0.2, -0.15) is 65.5 Å². The Kier molecular flexibility index (Phi) is 6.45. The van der Waals surface area contributed by atoms with Crippen LogP contribution in [0.2, 0.25) is 0 Å². The van der Waals surface area contributed by atoms with Crippen molar-refractivity contribution in [2.75, 3.05) is 6.61 Å². The average Bonchev–Trinajstić information content (AvgIpc) is 2.43. The van der Waals surface area contributed by atoms with Gasteiger partial charge in [0.1, 0.15) is 6.61 Å². The Labute approximate surface area is 138 Å². The SMILES string of the molecule is O=S(=O)(OCC(F)(F)C(F)(F)C(F)(F)C(F)(F)C(F)(F)C(F)F)C(F)(F)F. The summed E-state index contributed by atoms with van der Waals surface area (Å²) in [5, 5.41) is 0. The predicted octanol–water partition coefficient (Wildman–Crippen LogP) is 4.29. The van der Waals surface area contributed by atoms with Crippen LogP contribution in [0, 0.1) is 0 Å². The lowest BCUT2D eigenvalue weighted by molar-refractivity contribution is -0.414. The Bertz CT molecular complexity index is 634. The van der Waals surface area contributed by atoms with Crippen molar-refractivity contribution in [3.05, 3.63) is 0 Å². The van der Waals surface area contributed by atoms with Crippen molar-refractivity contribution in [1.82, 2.24) is 0 Å². The first-order valence-electron chi connectivity index (χ1n) is 5.53. The van der Waals surface area contributed by atoms with Crippen molar-refractivity contribution in [1.29, 1.82) is 0 Å². The molecule has 164 valence electrons. The molecule has 0 heterocycles. The van der Waals surface area contributed by atoms with Crippen LogP contribution in [0.25, 0.3) is 0 Å². The van der Waals surface area contributed by atoms with Gasteiger partial charge in [-0.1, -0.05) is 0 Å². The third kappa shape index (κ3) is 4.02. The van der Waals surface area contributed by atoms with Crippen molar-refractivity contribution in [2.45, 2.75) is 41.5 Å². The molecule has 3 nitrogen and oxygen atoms in total. The molecule has 0 aromatic rings. The number of rotatable bonds is 8. The number of hydrogen-bond donors (Lipinski definition) is 0. The van der Waals surface area contributed by atoms with E-state index in [2.05, 4.69) is 4.18 Å². The molecule has 0 saturated heterocycles. The van der Waals surface area contributed by atoms with E-state index in [1.807, 2.05) is 0 Å². The summed E-state index contributed by atoms with van der Waals surface area (Å²) < 4.78 is 210. The molecule has 0 aliphatic carbocycles. The van der Waals surface area contributed by atoms with E-state index in [4.69, 9.17) is 0 Å². The monoisotopic (exact) mass is 464 g/mol. The van der Waals surface area contributed by atoms with Gasteiger partial charge in [-0.15, -0.1) is 0 Å². The molecule has 27 heavy (non-hydrogen) atoms. The Morgan fingerprint density at radius 2 is 1.04 bits per heavy atom. The quantitative estimate of drug-likeness (QED) is 0.306. The fourth-order valence-corrected chi connectivity index (χ4v) is 1.52. The summed E-state index contributed by atoms with van der Waals surface area (Å²) in [5.74, 6) is -37.9. The summed E-state index contributed by atoms with van der Waals surface area (Å²) in [4.78, 5) is 0. The molecule has 0 radical (unpaired) electrons. The second-order valence-electron chi connectivity index (χ2n) is 4.51. The van der Waals surface area contributed by atoms with E-state index in [-0.39, 0.29) is 0 Å². The lowest BCUT2D eigenvalue weighted by Gasteiger charge is -2.38. The van der Waals surface area contributed by atoms with Crippen LogP contribution in [0.1, 0.15) is 0 Å². The maximum absolute atomic E-state index is 13.0. The molecule has 0 N–H and O–H groups in total. The van der Waals surface area contributed by atoms with Crippen molar-refractivity contribution in [3.63, 3.8) is 0 Å². The first-order chi connectivity index (χ1) is 11.4. The molecular formula is C8H3F15O3S. The maximum Gasteiger partial charge on any atom is 0.523 e. The molecule has 0 fully saturated rings. The van der Waals surface area contributed by atoms with Gasteiger partial charge in [-0.3, -0.25) is 4.18 Å².